The zero-order valence-electron chi connectivity index (χ0n) is 17.4. The van der Waals surface area contributed by atoms with Crippen LogP contribution in [0, 0.1) is 5.92 Å². The second kappa shape index (κ2) is 8.50. The molecule has 0 radical (unpaired) electrons. The molecular formula is C20H26N6O4S. The van der Waals surface area contributed by atoms with Gasteiger partial charge < -0.3 is 15.3 Å². The predicted molar refractivity (Wildman–Crippen MR) is 118 cm³/mol. The third-order valence-corrected chi connectivity index (χ3v) is 6.09. The summed E-state index contributed by atoms with van der Waals surface area (Å²) in [5, 5.41) is 18.5. The minimum atomic E-state index is -4.04. The van der Waals surface area contributed by atoms with Crippen molar-refractivity contribution in [2.45, 2.75) is 31.4 Å². The fourth-order valence-electron chi connectivity index (χ4n) is 4.14. The number of aromatic nitrogens is 2. The van der Waals surface area contributed by atoms with E-state index >= 15 is 0 Å². The number of aliphatic hydroxyl groups is 1. The Kier molecular flexibility index (Phi) is 5.93. The lowest BCUT2D eigenvalue weighted by atomic mass is 10.0. The molecule has 11 heteroatoms. The number of anilines is 2. The first-order valence-electron chi connectivity index (χ1n) is 10.0. The number of hydrogen-bond donors (Lipinski definition) is 3. The first-order valence-corrected chi connectivity index (χ1v) is 11.5. The Morgan fingerprint density at radius 3 is 2.77 bits per heavy atom. The second-order valence-corrected chi connectivity index (χ2v) is 9.30. The molecule has 1 aliphatic heterocycles. The molecule has 1 aromatic carbocycles. The van der Waals surface area contributed by atoms with Gasteiger partial charge >= 0.3 is 10.3 Å². The van der Waals surface area contributed by atoms with Gasteiger partial charge in [0, 0.05) is 43.7 Å². The maximum absolute atomic E-state index is 11.0. The SMILES string of the molecule is CN(C)c1ccccc1C1=Nc2c(ncnc2N[C@@H]2C[C@@H](COS(N)(=O)=O)[C@@H](O)C2)C1. The molecule has 0 spiro atoms. The molecule has 0 bridgehead atoms. The van der Waals surface area contributed by atoms with Crippen molar-refractivity contribution in [1.29, 1.82) is 0 Å². The van der Waals surface area contributed by atoms with E-state index in [9.17, 15) is 13.5 Å². The number of nitrogens with one attached hydrogen (secondary N) is 1. The standard InChI is InChI=1S/C20H26N6O4S/c1-26(2)17-6-4-3-5-14(17)15-9-16-19(25-15)20(23-11-22-16)24-13-7-12(18(27)8-13)10-30-31(21,28)29/h3-6,11-13,18,27H,7-10H2,1-2H3,(H2,21,28,29)(H,22,23,24)/t12-,13+,18-/m0/s1. The van der Waals surface area contributed by atoms with E-state index in [-0.39, 0.29) is 18.6 Å². The van der Waals surface area contributed by atoms with Gasteiger partial charge in [-0.15, -0.1) is 0 Å². The highest BCUT2D eigenvalue weighted by Crippen LogP contribution is 2.37. The van der Waals surface area contributed by atoms with Gasteiger partial charge in [-0.3, -0.25) is 4.18 Å². The Morgan fingerprint density at radius 1 is 1.26 bits per heavy atom. The fourth-order valence-corrected chi connectivity index (χ4v) is 4.50. The first-order chi connectivity index (χ1) is 14.7. The number of aliphatic imine (C=N–C) groups is 1. The third kappa shape index (κ3) is 4.85. The molecule has 1 aliphatic carbocycles. The fraction of sp³-hybridized carbons (Fsp3) is 0.450. The molecule has 1 fully saturated rings. The van der Waals surface area contributed by atoms with Crippen LogP contribution in [0.4, 0.5) is 17.2 Å². The van der Waals surface area contributed by atoms with Crippen LogP contribution in [0.2, 0.25) is 0 Å². The quantitative estimate of drug-likeness (QED) is 0.571. The summed E-state index contributed by atoms with van der Waals surface area (Å²) < 4.78 is 26.7. The summed E-state index contributed by atoms with van der Waals surface area (Å²) >= 11 is 0. The molecule has 2 aliphatic rings. The number of hydrogen-bond acceptors (Lipinski definition) is 9. The lowest BCUT2D eigenvalue weighted by molar-refractivity contribution is 0.101. The van der Waals surface area contributed by atoms with Crippen molar-refractivity contribution in [3.05, 3.63) is 41.9 Å². The van der Waals surface area contributed by atoms with Crippen molar-refractivity contribution < 1.29 is 17.7 Å². The van der Waals surface area contributed by atoms with E-state index in [4.69, 9.17) is 10.1 Å². The number of nitrogens with zero attached hydrogens (tertiary/aromatic N) is 4. The van der Waals surface area contributed by atoms with Crippen LogP contribution in [0.15, 0.2) is 35.6 Å². The molecule has 0 saturated heterocycles. The van der Waals surface area contributed by atoms with Gasteiger partial charge in [0.05, 0.1) is 24.1 Å². The van der Waals surface area contributed by atoms with E-state index in [2.05, 4.69) is 30.4 Å². The minimum Gasteiger partial charge on any atom is -0.393 e. The Balaban J connectivity index is 1.52. The Morgan fingerprint density at radius 2 is 2.03 bits per heavy atom. The highest BCUT2D eigenvalue weighted by molar-refractivity contribution is 7.84. The van der Waals surface area contributed by atoms with Crippen molar-refractivity contribution in [3.8, 4) is 0 Å². The number of rotatable bonds is 7. The second-order valence-electron chi connectivity index (χ2n) is 8.08. The van der Waals surface area contributed by atoms with Crippen LogP contribution in [0.3, 0.4) is 0 Å². The van der Waals surface area contributed by atoms with Crippen molar-refractivity contribution in [2.75, 3.05) is 30.9 Å². The van der Waals surface area contributed by atoms with Crippen LogP contribution in [0.25, 0.3) is 0 Å². The average Bonchev–Trinajstić information content (AvgIpc) is 3.29. The largest absolute Gasteiger partial charge is 0.393 e. The summed E-state index contributed by atoms with van der Waals surface area (Å²) in [5.74, 6) is 0.268. The van der Waals surface area contributed by atoms with Gasteiger partial charge in [-0.25, -0.2) is 20.1 Å². The van der Waals surface area contributed by atoms with Gasteiger partial charge in [-0.05, 0) is 18.9 Å². The zero-order chi connectivity index (χ0) is 22.2. The van der Waals surface area contributed by atoms with Crippen molar-refractivity contribution in [3.63, 3.8) is 0 Å². The van der Waals surface area contributed by atoms with Crippen LogP contribution in [0.5, 0.6) is 0 Å². The molecule has 2 heterocycles. The van der Waals surface area contributed by atoms with Gasteiger partial charge in [-0.2, -0.15) is 8.42 Å². The van der Waals surface area contributed by atoms with E-state index in [1.54, 1.807) is 0 Å². The monoisotopic (exact) mass is 446 g/mol. The number of fused-ring (bicyclic) bond motifs is 1. The first kappa shape index (κ1) is 21.6. The van der Waals surface area contributed by atoms with Crippen LogP contribution < -0.4 is 15.4 Å². The average molecular weight is 447 g/mol. The van der Waals surface area contributed by atoms with E-state index in [1.165, 1.54) is 6.33 Å². The van der Waals surface area contributed by atoms with Gasteiger partial charge in [0.25, 0.3) is 0 Å². The molecule has 1 aromatic heterocycles. The summed E-state index contributed by atoms with van der Waals surface area (Å²) in [4.78, 5) is 15.7. The lowest BCUT2D eigenvalue weighted by Crippen LogP contribution is -2.24. The Labute approximate surface area is 181 Å². The summed E-state index contributed by atoms with van der Waals surface area (Å²) in [6, 6.07) is 7.98. The van der Waals surface area contributed by atoms with E-state index in [0.29, 0.717) is 30.8 Å². The summed E-state index contributed by atoms with van der Waals surface area (Å²) in [7, 11) is -0.0435. The molecule has 10 nitrogen and oxygen atoms in total. The molecule has 166 valence electrons. The van der Waals surface area contributed by atoms with Crippen LogP contribution in [0.1, 0.15) is 24.1 Å². The molecule has 4 N–H and O–H groups in total. The van der Waals surface area contributed by atoms with Gasteiger partial charge in [0.15, 0.2) is 5.82 Å². The number of nitrogens with two attached hydrogens (primary N) is 1. The number of benzene rings is 1. The molecule has 1 saturated carbocycles. The van der Waals surface area contributed by atoms with Crippen molar-refractivity contribution in [1.82, 2.24) is 9.97 Å². The molecule has 2 aromatic rings. The van der Waals surface area contributed by atoms with E-state index in [1.807, 2.05) is 32.3 Å². The topological polar surface area (TPSA) is 143 Å². The summed E-state index contributed by atoms with van der Waals surface area (Å²) in [5.41, 5.74) is 4.59. The molecule has 4 rings (SSSR count). The van der Waals surface area contributed by atoms with E-state index < -0.39 is 16.4 Å². The van der Waals surface area contributed by atoms with Crippen molar-refractivity contribution >= 4 is 33.2 Å². The number of para-hydroxylation sites is 1. The van der Waals surface area contributed by atoms with Crippen LogP contribution >= 0.6 is 0 Å². The maximum Gasteiger partial charge on any atom is 0.333 e. The molecular weight excluding hydrogens is 420 g/mol. The number of aliphatic hydroxyl groups excluding tert-OH is 1. The van der Waals surface area contributed by atoms with E-state index in [0.717, 1.165) is 22.7 Å². The van der Waals surface area contributed by atoms with Gasteiger partial charge in [0.2, 0.25) is 0 Å². The maximum atomic E-state index is 11.0. The van der Waals surface area contributed by atoms with Crippen LogP contribution in [-0.4, -0.2) is 62.1 Å². The summed E-state index contributed by atoms with van der Waals surface area (Å²) in [6.45, 7) is -0.149. The Bertz CT molecular complexity index is 1100. The molecule has 0 unspecified atom stereocenters. The third-order valence-electron chi connectivity index (χ3n) is 5.62. The highest BCUT2D eigenvalue weighted by atomic mass is 32.2. The normalized spacial score (nSPS) is 22.8. The molecule has 3 atom stereocenters. The predicted octanol–water partition coefficient (Wildman–Crippen LogP) is 0.991. The zero-order valence-corrected chi connectivity index (χ0v) is 18.2. The smallest absolute Gasteiger partial charge is 0.333 e. The minimum absolute atomic E-state index is 0.101. The Hall–Kier alpha value is -2.60. The molecule has 0 amide bonds. The van der Waals surface area contributed by atoms with Gasteiger partial charge in [0.1, 0.15) is 12.0 Å². The molecule has 31 heavy (non-hydrogen) atoms. The lowest BCUT2D eigenvalue weighted by Gasteiger charge is -2.17. The van der Waals surface area contributed by atoms with Crippen molar-refractivity contribution in [2.24, 2.45) is 16.0 Å². The summed E-state index contributed by atoms with van der Waals surface area (Å²) in [6.07, 6.45) is 2.38. The van der Waals surface area contributed by atoms with Gasteiger partial charge in [-0.1, -0.05) is 18.2 Å². The highest BCUT2D eigenvalue weighted by Gasteiger charge is 2.35. The van der Waals surface area contributed by atoms with Crippen LogP contribution in [-0.2, 0) is 20.9 Å².